The minimum absolute atomic E-state index is 0.185. The SMILES string of the molecule is CN1CCO[P-]12(F)(F)OC(C(F)(F)F)=C(C(F)(F)F)O2. The number of hydrogen-bond acceptors (Lipinski definition) is 4. The van der Waals surface area contributed by atoms with E-state index in [0.29, 0.717) is 7.05 Å². The van der Waals surface area contributed by atoms with Crippen molar-refractivity contribution in [3.05, 3.63) is 11.5 Å². The molecule has 0 aromatic carbocycles. The molecule has 1 saturated heterocycles. The summed E-state index contributed by atoms with van der Waals surface area (Å²) in [6.45, 7) is -1.49. The van der Waals surface area contributed by atoms with Crippen LogP contribution in [0.5, 0.6) is 0 Å². The molecule has 0 unspecified atom stereocenters. The van der Waals surface area contributed by atoms with Crippen LogP contribution in [0.25, 0.3) is 0 Å². The van der Waals surface area contributed by atoms with Crippen LogP contribution in [-0.2, 0) is 13.6 Å². The maximum atomic E-state index is 14.6. The van der Waals surface area contributed by atoms with Crippen molar-refractivity contribution in [1.29, 1.82) is 0 Å². The Bertz CT molecular complexity index is 479. The molecule has 0 N–H and O–H groups in total. The molecule has 0 amide bonds. The Kier molecular flexibility index (Phi) is 2.56. The molecule has 2 rings (SSSR count). The molecule has 1 fully saturated rings. The van der Waals surface area contributed by atoms with Crippen LogP contribution in [0.4, 0.5) is 34.7 Å². The second-order valence-corrected chi connectivity index (χ2v) is 7.65. The molecule has 0 aromatic rings. The zero-order valence-electron chi connectivity index (χ0n) is 9.56. The quantitative estimate of drug-likeness (QED) is 0.497. The Hall–Kier alpha value is -0.870. The number of allylic oxidation sites excluding steroid dienone is 2. The van der Waals surface area contributed by atoms with E-state index in [4.69, 9.17) is 0 Å². The third-order valence-corrected chi connectivity index (χ3v) is 6.07. The zero-order valence-corrected chi connectivity index (χ0v) is 10.5. The minimum atomic E-state index is -8.29. The fraction of sp³-hybridized carbons (Fsp3) is 0.714. The van der Waals surface area contributed by atoms with Crippen molar-refractivity contribution in [3.63, 3.8) is 0 Å². The standard InChI is InChI=1S/C7H7F8NO3P/c1-16-2-3-17-20(16,14,15)18-4(6(8,9)10)5(19-20)7(11,12)13/h2-3H2,1H3/q-1. The molecule has 2 aliphatic rings. The second-order valence-electron chi connectivity index (χ2n) is 4.15. The number of hydrogen-bond donors (Lipinski definition) is 0. The first-order valence-corrected chi connectivity index (χ1v) is 7.10. The van der Waals surface area contributed by atoms with Crippen LogP contribution >= 0.6 is 7.40 Å². The third kappa shape index (κ3) is 1.92. The summed E-state index contributed by atoms with van der Waals surface area (Å²) in [5.41, 5.74) is 0. The van der Waals surface area contributed by atoms with Crippen LogP contribution in [0.15, 0.2) is 11.5 Å². The molecule has 20 heavy (non-hydrogen) atoms. The average Bonchev–Trinajstić information content (AvgIpc) is 2.62. The molecule has 120 valence electrons. The van der Waals surface area contributed by atoms with Crippen molar-refractivity contribution in [1.82, 2.24) is 4.67 Å². The molecule has 0 radical (unpaired) electrons. The predicted octanol–water partition coefficient (Wildman–Crippen LogP) is 3.85. The van der Waals surface area contributed by atoms with Gasteiger partial charge in [-0.25, -0.2) is 0 Å². The fourth-order valence-corrected chi connectivity index (χ4v) is 4.33. The van der Waals surface area contributed by atoms with E-state index < -0.39 is 44.4 Å². The Morgan fingerprint density at radius 3 is 1.60 bits per heavy atom. The van der Waals surface area contributed by atoms with E-state index in [0.717, 1.165) is 0 Å². The topological polar surface area (TPSA) is 30.9 Å². The van der Waals surface area contributed by atoms with E-state index >= 15 is 0 Å². The zero-order chi connectivity index (χ0) is 15.7. The number of rotatable bonds is 0. The molecular weight excluding hydrogens is 329 g/mol. The van der Waals surface area contributed by atoms with Gasteiger partial charge in [0.2, 0.25) is 0 Å². The van der Waals surface area contributed by atoms with E-state index in [2.05, 4.69) is 13.6 Å². The van der Waals surface area contributed by atoms with Crippen molar-refractivity contribution in [2.75, 3.05) is 20.2 Å². The van der Waals surface area contributed by atoms with Gasteiger partial charge in [0.15, 0.2) is 0 Å². The van der Waals surface area contributed by atoms with Crippen molar-refractivity contribution >= 4 is 7.40 Å². The number of alkyl halides is 6. The number of halogens is 8. The first-order chi connectivity index (χ1) is 8.63. The van der Waals surface area contributed by atoms with Crippen LogP contribution in [0.3, 0.4) is 0 Å². The third-order valence-electron chi connectivity index (χ3n) is 2.72. The van der Waals surface area contributed by atoms with Gasteiger partial charge in [-0.15, -0.1) is 0 Å². The molecule has 0 aliphatic carbocycles. The van der Waals surface area contributed by atoms with Gasteiger partial charge in [0, 0.05) is 0 Å². The van der Waals surface area contributed by atoms with Gasteiger partial charge < -0.3 is 0 Å². The van der Waals surface area contributed by atoms with Gasteiger partial charge in [-0.1, -0.05) is 0 Å². The molecular formula is C7H7F8NO3P-. The molecule has 0 bridgehead atoms. The molecule has 0 saturated carbocycles. The predicted molar refractivity (Wildman–Crippen MR) is 49.0 cm³/mol. The van der Waals surface area contributed by atoms with Crippen LogP contribution < -0.4 is 0 Å². The molecule has 13 heteroatoms. The van der Waals surface area contributed by atoms with Crippen molar-refractivity contribution in [3.8, 4) is 0 Å². The van der Waals surface area contributed by atoms with E-state index in [1.807, 2.05) is 0 Å². The number of nitrogens with zero attached hydrogens (tertiary/aromatic N) is 1. The summed E-state index contributed by atoms with van der Waals surface area (Å²) in [5, 5.41) is 0. The molecule has 2 aliphatic heterocycles. The summed E-state index contributed by atoms with van der Waals surface area (Å²) in [6, 6.07) is 0. The van der Waals surface area contributed by atoms with Gasteiger partial charge in [-0.05, 0) is 0 Å². The summed E-state index contributed by atoms with van der Waals surface area (Å²) >= 11 is 0. The molecule has 1 spiro atoms. The first kappa shape index (κ1) is 15.5. The molecule has 0 atom stereocenters. The summed E-state index contributed by atoms with van der Waals surface area (Å²) < 4.78 is 115. The van der Waals surface area contributed by atoms with Crippen LogP contribution in [0.2, 0.25) is 0 Å². The van der Waals surface area contributed by atoms with Gasteiger partial charge in [0.1, 0.15) is 0 Å². The van der Waals surface area contributed by atoms with E-state index in [1.54, 1.807) is 0 Å². The Balaban J connectivity index is 2.61. The maximum absolute atomic E-state index is 14.6. The van der Waals surface area contributed by atoms with Gasteiger partial charge >= 0.3 is 104 Å². The molecule has 0 aromatic heterocycles. The number of likely N-dealkylation sites (N-methyl/N-ethyl adjacent to an activating group) is 1. The fourth-order valence-electron chi connectivity index (χ4n) is 1.68. The van der Waals surface area contributed by atoms with E-state index in [9.17, 15) is 34.7 Å². The van der Waals surface area contributed by atoms with E-state index in [1.165, 1.54) is 0 Å². The Morgan fingerprint density at radius 2 is 1.35 bits per heavy atom. The summed E-state index contributed by atoms with van der Waals surface area (Å²) in [4.78, 5) is 0. The normalized spacial score (nSPS) is 32.0. The first-order valence-electron chi connectivity index (χ1n) is 4.93. The average molecular weight is 336 g/mol. The van der Waals surface area contributed by atoms with Crippen molar-refractivity contribution < 1.29 is 48.3 Å². The summed E-state index contributed by atoms with van der Waals surface area (Å²) in [5.74, 6) is -5.89. The van der Waals surface area contributed by atoms with Gasteiger partial charge in [0.05, 0.1) is 0 Å². The monoisotopic (exact) mass is 336 g/mol. The van der Waals surface area contributed by atoms with Gasteiger partial charge in [-0.2, -0.15) is 0 Å². The van der Waals surface area contributed by atoms with Crippen LogP contribution in [0, 0.1) is 0 Å². The van der Waals surface area contributed by atoms with Gasteiger partial charge in [-0.3, -0.25) is 0 Å². The van der Waals surface area contributed by atoms with Gasteiger partial charge in [0.25, 0.3) is 0 Å². The van der Waals surface area contributed by atoms with Crippen molar-refractivity contribution in [2.45, 2.75) is 12.4 Å². The van der Waals surface area contributed by atoms with Crippen LogP contribution in [-0.4, -0.2) is 37.2 Å². The Labute approximate surface area is 105 Å². The summed E-state index contributed by atoms with van der Waals surface area (Å²) in [7, 11) is -7.74. The molecule has 4 nitrogen and oxygen atoms in total. The summed E-state index contributed by atoms with van der Waals surface area (Å²) in [6.07, 6.45) is -11.6. The Morgan fingerprint density at radius 1 is 0.950 bits per heavy atom. The second kappa shape index (κ2) is 3.30. The van der Waals surface area contributed by atoms with E-state index in [-0.39, 0.29) is 4.67 Å². The van der Waals surface area contributed by atoms with Crippen molar-refractivity contribution in [2.24, 2.45) is 0 Å². The molecule has 2 heterocycles. The van der Waals surface area contributed by atoms with Crippen LogP contribution in [0.1, 0.15) is 0 Å².